The molecule has 0 saturated carbocycles. The first-order valence-electron chi connectivity index (χ1n) is 8.05. The lowest BCUT2D eigenvalue weighted by Crippen LogP contribution is -2.03. The summed E-state index contributed by atoms with van der Waals surface area (Å²) in [6.45, 7) is 6.29. The van der Waals surface area contributed by atoms with Gasteiger partial charge in [-0.25, -0.2) is 4.39 Å². The van der Waals surface area contributed by atoms with Gasteiger partial charge in [-0.15, -0.1) is 0 Å². The molecular formula is C21H20FNO. The molecule has 1 aromatic heterocycles. The van der Waals surface area contributed by atoms with Gasteiger partial charge in [0.1, 0.15) is 12.1 Å². The van der Waals surface area contributed by atoms with Crippen LogP contribution < -0.4 is 0 Å². The summed E-state index contributed by atoms with van der Waals surface area (Å²) in [4.78, 5) is 10.9. The van der Waals surface area contributed by atoms with Crippen molar-refractivity contribution in [1.82, 2.24) is 4.57 Å². The monoisotopic (exact) mass is 321 g/mol. The Balaban J connectivity index is 2.43. The predicted molar refractivity (Wildman–Crippen MR) is 97.6 cm³/mol. The molecular weight excluding hydrogens is 301 g/mol. The quantitative estimate of drug-likeness (QED) is 0.456. The second-order valence-electron chi connectivity index (χ2n) is 6.25. The van der Waals surface area contributed by atoms with Crippen molar-refractivity contribution in [2.75, 3.05) is 0 Å². The third kappa shape index (κ3) is 2.78. The lowest BCUT2D eigenvalue weighted by atomic mass is 10.0. The Kier molecular flexibility index (Phi) is 4.34. The summed E-state index contributed by atoms with van der Waals surface area (Å²) in [5.74, 6) is -0.257. The molecule has 0 atom stereocenters. The molecule has 0 bridgehead atoms. The summed E-state index contributed by atoms with van der Waals surface area (Å²) in [7, 11) is 0. The van der Waals surface area contributed by atoms with Crippen LogP contribution in [0, 0.1) is 12.7 Å². The van der Waals surface area contributed by atoms with Gasteiger partial charge in [0.2, 0.25) is 0 Å². The van der Waals surface area contributed by atoms with E-state index in [9.17, 15) is 9.18 Å². The number of aromatic nitrogens is 1. The first-order chi connectivity index (χ1) is 11.5. The van der Waals surface area contributed by atoms with E-state index in [2.05, 4.69) is 43.5 Å². The van der Waals surface area contributed by atoms with Crippen molar-refractivity contribution < 1.29 is 9.18 Å². The first-order valence-corrected chi connectivity index (χ1v) is 8.05. The fourth-order valence-electron chi connectivity index (χ4n) is 3.22. The summed E-state index contributed by atoms with van der Waals surface area (Å²) >= 11 is 0. The summed E-state index contributed by atoms with van der Waals surface area (Å²) in [5, 5.41) is 1.11. The summed E-state index contributed by atoms with van der Waals surface area (Å²) in [6.07, 6.45) is 4.12. The van der Waals surface area contributed by atoms with Crippen LogP contribution in [0.4, 0.5) is 4.39 Å². The highest BCUT2D eigenvalue weighted by Gasteiger charge is 2.18. The van der Waals surface area contributed by atoms with Crippen molar-refractivity contribution in [2.45, 2.75) is 26.8 Å². The zero-order chi connectivity index (χ0) is 17.3. The molecule has 0 aliphatic carbocycles. The van der Waals surface area contributed by atoms with E-state index in [1.807, 2.05) is 6.08 Å². The number of aryl methyl sites for hydroxylation is 1. The van der Waals surface area contributed by atoms with Crippen LogP contribution in [-0.2, 0) is 4.79 Å². The van der Waals surface area contributed by atoms with Crippen LogP contribution >= 0.6 is 0 Å². The SMILES string of the molecule is Cc1ccc2c(c1)c(-c1ccc(F)cc1)c(/C=C/C=O)n2C(C)C. The summed E-state index contributed by atoms with van der Waals surface area (Å²) in [6, 6.07) is 13.1. The number of aldehydes is 1. The molecule has 0 amide bonds. The van der Waals surface area contributed by atoms with Crippen LogP contribution in [0.2, 0.25) is 0 Å². The minimum Gasteiger partial charge on any atom is -0.338 e. The Labute approximate surface area is 141 Å². The van der Waals surface area contributed by atoms with E-state index in [0.717, 1.165) is 39.6 Å². The maximum Gasteiger partial charge on any atom is 0.142 e. The number of allylic oxidation sites excluding steroid dienone is 1. The molecule has 2 aromatic carbocycles. The van der Waals surface area contributed by atoms with Gasteiger partial charge in [-0.1, -0.05) is 23.8 Å². The predicted octanol–water partition coefficient (Wildman–Crippen LogP) is 5.55. The number of nitrogens with zero attached hydrogens (tertiary/aromatic N) is 1. The van der Waals surface area contributed by atoms with Gasteiger partial charge in [0.15, 0.2) is 0 Å². The fraction of sp³-hybridized carbons (Fsp3) is 0.190. The van der Waals surface area contributed by atoms with Crippen LogP contribution in [0.25, 0.3) is 28.1 Å². The van der Waals surface area contributed by atoms with Crippen molar-refractivity contribution in [3.05, 3.63) is 65.6 Å². The molecule has 0 radical (unpaired) electrons. The first kappa shape index (κ1) is 16.2. The Morgan fingerprint density at radius 2 is 1.79 bits per heavy atom. The third-order valence-electron chi connectivity index (χ3n) is 4.18. The Morgan fingerprint density at radius 3 is 2.42 bits per heavy atom. The molecule has 2 nitrogen and oxygen atoms in total. The van der Waals surface area contributed by atoms with Gasteiger partial charge in [0.05, 0.1) is 5.69 Å². The van der Waals surface area contributed by atoms with E-state index in [4.69, 9.17) is 0 Å². The fourth-order valence-corrected chi connectivity index (χ4v) is 3.22. The standard InChI is InChI=1S/C21H20FNO/c1-14(2)23-19-11-6-15(3)13-18(19)21(20(23)5-4-12-24)16-7-9-17(22)10-8-16/h4-14H,1-3H3/b5-4+. The highest BCUT2D eigenvalue weighted by molar-refractivity contribution is 6.01. The van der Waals surface area contributed by atoms with Gasteiger partial charge in [0.25, 0.3) is 0 Å². The largest absolute Gasteiger partial charge is 0.338 e. The molecule has 0 saturated heterocycles. The summed E-state index contributed by atoms with van der Waals surface area (Å²) in [5.41, 5.74) is 5.21. The molecule has 3 heteroatoms. The number of rotatable bonds is 4. The van der Waals surface area contributed by atoms with E-state index in [0.29, 0.717) is 0 Å². The Bertz CT molecular complexity index is 917. The smallest absolute Gasteiger partial charge is 0.142 e. The molecule has 0 fully saturated rings. The van der Waals surface area contributed by atoms with Gasteiger partial charge >= 0.3 is 0 Å². The second-order valence-corrected chi connectivity index (χ2v) is 6.25. The maximum atomic E-state index is 13.4. The Hall–Kier alpha value is -2.68. The lowest BCUT2D eigenvalue weighted by Gasteiger charge is -2.13. The highest BCUT2D eigenvalue weighted by Crippen LogP contribution is 2.38. The molecule has 0 spiro atoms. The number of hydrogen-bond donors (Lipinski definition) is 0. The molecule has 0 N–H and O–H groups in total. The third-order valence-corrected chi connectivity index (χ3v) is 4.18. The number of fused-ring (bicyclic) bond motifs is 1. The molecule has 122 valence electrons. The molecule has 3 aromatic rings. The van der Waals surface area contributed by atoms with Gasteiger partial charge in [0, 0.05) is 22.5 Å². The van der Waals surface area contributed by atoms with Crippen LogP contribution in [0.5, 0.6) is 0 Å². The molecule has 0 aliphatic heterocycles. The molecule has 0 aliphatic rings. The van der Waals surface area contributed by atoms with Crippen molar-refractivity contribution >= 4 is 23.3 Å². The molecule has 24 heavy (non-hydrogen) atoms. The molecule has 3 rings (SSSR count). The van der Waals surface area contributed by atoms with Crippen LogP contribution in [0.1, 0.15) is 31.1 Å². The van der Waals surface area contributed by atoms with E-state index in [1.165, 1.54) is 18.2 Å². The topological polar surface area (TPSA) is 22.0 Å². The number of benzene rings is 2. The van der Waals surface area contributed by atoms with Gasteiger partial charge in [-0.3, -0.25) is 4.79 Å². The molecule has 1 heterocycles. The van der Waals surface area contributed by atoms with Gasteiger partial charge < -0.3 is 4.57 Å². The maximum absolute atomic E-state index is 13.4. The number of hydrogen-bond acceptors (Lipinski definition) is 1. The van der Waals surface area contributed by atoms with Crippen molar-refractivity contribution in [2.24, 2.45) is 0 Å². The number of carbonyl (C=O) groups is 1. The second kappa shape index (κ2) is 6.44. The van der Waals surface area contributed by atoms with Crippen LogP contribution in [0.3, 0.4) is 0 Å². The number of carbonyl (C=O) groups excluding carboxylic acids is 1. The van der Waals surface area contributed by atoms with Crippen LogP contribution in [0.15, 0.2) is 48.5 Å². The van der Waals surface area contributed by atoms with E-state index in [1.54, 1.807) is 12.1 Å². The minimum absolute atomic E-state index is 0.232. The average molecular weight is 321 g/mol. The van der Waals surface area contributed by atoms with E-state index in [-0.39, 0.29) is 11.9 Å². The van der Waals surface area contributed by atoms with Crippen molar-refractivity contribution in [3.63, 3.8) is 0 Å². The highest BCUT2D eigenvalue weighted by atomic mass is 19.1. The lowest BCUT2D eigenvalue weighted by molar-refractivity contribution is -0.104. The van der Waals surface area contributed by atoms with E-state index < -0.39 is 0 Å². The normalized spacial score (nSPS) is 11.7. The minimum atomic E-state index is -0.257. The van der Waals surface area contributed by atoms with Gasteiger partial charge in [-0.2, -0.15) is 0 Å². The zero-order valence-electron chi connectivity index (χ0n) is 14.1. The van der Waals surface area contributed by atoms with Crippen molar-refractivity contribution in [3.8, 4) is 11.1 Å². The number of halogens is 1. The summed E-state index contributed by atoms with van der Waals surface area (Å²) < 4.78 is 15.6. The van der Waals surface area contributed by atoms with E-state index >= 15 is 0 Å². The average Bonchev–Trinajstić information content (AvgIpc) is 2.87. The zero-order valence-corrected chi connectivity index (χ0v) is 14.1. The Morgan fingerprint density at radius 1 is 1.08 bits per heavy atom. The van der Waals surface area contributed by atoms with Crippen LogP contribution in [-0.4, -0.2) is 10.9 Å². The molecule has 0 unspecified atom stereocenters. The van der Waals surface area contributed by atoms with Crippen molar-refractivity contribution in [1.29, 1.82) is 0 Å². The van der Waals surface area contributed by atoms with Gasteiger partial charge in [-0.05, 0) is 62.8 Å².